The van der Waals surface area contributed by atoms with Crippen LogP contribution >= 0.6 is 11.3 Å². The van der Waals surface area contributed by atoms with E-state index in [4.69, 9.17) is 0 Å². The maximum atomic E-state index is 12.7. The lowest BCUT2D eigenvalue weighted by molar-refractivity contribution is 0.451. The van der Waals surface area contributed by atoms with Gasteiger partial charge in [0.05, 0.1) is 11.9 Å². The largest absolute Gasteiger partial charge is 0.312 e. The lowest BCUT2D eigenvalue weighted by Crippen LogP contribution is -2.16. The molecule has 2 aromatic heterocycles. The standard InChI is InChI=1S/C19H18N2OS/c1-2-11-7-8-14-15(9-11)23-19-16(14)18(22)20-17-13-6-4-3-5-12(13)10-21(17)19/h3-6,11H,2,7-10H2,1H3/t11-/m0/s1. The molecule has 0 unspecified atom stereocenters. The van der Waals surface area contributed by atoms with E-state index in [-0.39, 0.29) is 5.56 Å². The van der Waals surface area contributed by atoms with Crippen molar-refractivity contribution < 1.29 is 0 Å². The van der Waals surface area contributed by atoms with Crippen LogP contribution in [0.1, 0.15) is 35.8 Å². The van der Waals surface area contributed by atoms with Crippen LogP contribution in [0.15, 0.2) is 29.1 Å². The number of nitrogens with zero attached hydrogens (tertiary/aromatic N) is 2. The third-order valence-electron chi connectivity index (χ3n) is 5.43. The minimum atomic E-state index is -0.0320. The number of aromatic nitrogens is 2. The maximum Gasteiger partial charge on any atom is 0.282 e. The van der Waals surface area contributed by atoms with Crippen LogP contribution in [0.5, 0.6) is 0 Å². The highest BCUT2D eigenvalue weighted by Crippen LogP contribution is 2.40. The molecule has 2 aliphatic rings. The van der Waals surface area contributed by atoms with Crippen molar-refractivity contribution in [2.24, 2.45) is 5.92 Å². The van der Waals surface area contributed by atoms with Gasteiger partial charge in [0.1, 0.15) is 10.7 Å². The van der Waals surface area contributed by atoms with Gasteiger partial charge in [-0.25, -0.2) is 0 Å². The zero-order chi connectivity index (χ0) is 15.6. The molecule has 3 nitrogen and oxygen atoms in total. The number of thiophene rings is 1. The fourth-order valence-corrected chi connectivity index (χ4v) is 5.56. The van der Waals surface area contributed by atoms with Crippen molar-refractivity contribution in [3.63, 3.8) is 0 Å². The molecule has 3 heterocycles. The van der Waals surface area contributed by atoms with E-state index in [1.807, 2.05) is 17.4 Å². The molecular weight excluding hydrogens is 304 g/mol. The molecular formula is C19H18N2OS. The summed E-state index contributed by atoms with van der Waals surface area (Å²) < 4.78 is 2.26. The summed E-state index contributed by atoms with van der Waals surface area (Å²) in [6, 6.07) is 8.30. The smallest absolute Gasteiger partial charge is 0.282 e. The predicted octanol–water partition coefficient (Wildman–Crippen LogP) is 4.00. The molecule has 0 bridgehead atoms. The molecule has 0 fully saturated rings. The van der Waals surface area contributed by atoms with Gasteiger partial charge < -0.3 is 4.57 Å². The summed E-state index contributed by atoms with van der Waals surface area (Å²) in [7, 11) is 0. The highest BCUT2D eigenvalue weighted by Gasteiger charge is 2.28. The van der Waals surface area contributed by atoms with Gasteiger partial charge in [0.2, 0.25) is 0 Å². The summed E-state index contributed by atoms with van der Waals surface area (Å²) in [5.41, 5.74) is 3.64. The number of rotatable bonds is 1. The van der Waals surface area contributed by atoms with Gasteiger partial charge in [0, 0.05) is 10.4 Å². The van der Waals surface area contributed by atoms with Gasteiger partial charge in [-0.15, -0.1) is 11.3 Å². The number of benzene rings is 1. The number of hydrogen-bond acceptors (Lipinski definition) is 3. The van der Waals surface area contributed by atoms with E-state index in [2.05, 4.69) is 34.7 Å². The van der Waals surface area contributed by atoms with Crippen LogP contribution in [0.2, 0.25) is 0 Å². The molecule has 0 N–H and O–H groups in total. The molecule has 0 amide bonds. The zero-order valence-electron chi connectivity index (χ0n) is 13.1. The first-order valence-corrected chi connectivity index (χ1v) is 9.21. The van der Waals surface area contributed by atoms with Crippen molar-refractivity contribution >= 4 is 21.6 Å². The summed E-state index contributed by atoms with van der Waals surface area (Å²) in [4.78, 5) is 19.7. The second-order valence-corrected chi connectivity index (χ2v) is 7.77. The molecule has 0 saturated carbocycles. The summed E-state index contributed by atoms with van der Waals surface area (Å²) in [6.45, 7) is 3.11. The molecule has 5 rings (SSSR count). The Morgan fingerprint density at radius 2 is 2.22 bits per heavy atom. The summed E-state index contributed by atoms with van der Waals surface area (Å²) in [6.07, 6.45) is 4.60. The van der Waals surface area contributed by atoms with Crippen molar-refractivity contribution in [2.45, 2.75) is 39.2 Å². The van der Waals surface area contributed by atoms with Crippen molar-refractivity contribution in [3.8, 4) is 11.4 Å². The Morgan fingerprint density at radius 3 is 3.09 bits per heavy atom. The lowest BCUT2D eigenvalue weighted by Gasteiger charge is -2.20. The van der Waals surface area contributed by atoms with E-state index in [0.717, 1.165) is 46.9 Å². The molecule has 0 saturated heterocycles. The van der Waals surface area contributed by atoms with Crippen LogP contribution in [0.3, 0.4) is 0 Å². The molecule has 1 atom stereocenters. The van der Waals surface area contributed by atoms with Crippen molar-refractivity contribution in [1.82, 2.24) is 9.55 Å². The lowest BCUT2D eigenvalue weighted by atomic mass is 9.86. The van der Waals surface area contributed by atoms with Gasteiger partial charge in [0.15, 0.2) is 0 Å². The summed E-state index contributed by atoms with van der Waals surface area (Å²) >= 11 is 1.83. The first-order valence-electron chi connectivity index (χ1n) is 8.39. The molecule has 4 heteroatoms. The molecule has 1 aliphatic heterocycles. The maximum absolute atomic E-state index is 12.7. The molecule has 23 heavy (non-hydrogen) atoms. The Kier molecular flexibility index (Phi) is 2.80. The van der Waals surface area contributed by atoms with Gasteiger partial charge in [-0.3, -0.25) is 4.79 Å². The monoisotopic (exact) mass is 322 g/mol. The van der Waals surface area contributed by atoms with E-state index in [1.165, 1.54) is 28.8 Å². The van der Waals surface area contributed by atoms with Gasteiger partial charge in [0.25, 0.3) is 5.56 Å². The Morgan fingerprint density at radius 1 is 1.35 bits per heavy atom. The van der Waals surface area contributed by atoms with Crippen molar-refractivity contribution in [3.05, 3.63) is 50.6 Å². The Hall–Kier alpha value is -1.94. The van der Waals surface area contributed by atoms with E-state index in [9.17, 15) is 4.79 Å². The zero-order valence-corrected chi connectivity index (χ0v) is 13.9. The third kappa shape index (κ3) is 1.81. The fourth-order valence-electron chi connectivity index (χ4n) is 4.11. The summed E-state index contributed by atoms with van der Waals surface area (Å²) in [5.74, 6) is 1.62. The van der Waals surface area contributed by atoms with E-state index in [0.29, 0.717) is 0 Å². The highest BCUT2D eigenvalue weighted by atomic mass is 32.1. The first kappa shape index (κ1) is 13.5. The minimum absolute atomic E-state index is 0.0320. The average Bonchev–Trinajstić information content (AvgIpc) is 3.13. The minimum Gasteiger partial charge on any atom is -0.312 e. The van der Waals surface area contributed by atoms with Crippen LogP contribution in [-0.2, 0) is 19.4 Å². The fraction of sp³-hybridized carbons (Fsp3) is 0.368. The Balaban J connectivity index is 1.79. The second kappa shape index (κ2) is 4.78. The Labute approximate surface area is 138 Å². The molecule has 0 radical (unpaired) electrons. The van der Waals surface area contributed by atoms with Gasteiger partial charge in [-0.2, -0.15) is 4.98 Å². The van der Waals surface area contributed by atoms with Crippen molar-refractivity contribution in [1.29, 1.82) is 0 Å². The average molecular weight is 322 g/mol. The van der Waals surface area contributed by atoms with Crippen LogP contribution in [0.4, 0.5) is 0 Å². The number of hydrogen-bond donors (Lipinski definition) is 0. The first-order chi connectivity index (χ1) is 11.3. The molecule has 0 spiro atoms. The topological polar surface area (TPSA) is 34.9 Å². The van der Waals surface area contributed by atoms with Crippen molar-refractivity contribution in [2.75, 3.05) is 0 Å². The van der Waals surface area contributed by atoms with Gasteiger partial charge in [-0.1, -0.05) is 37.6 Å². The summed E-state index contributed by atoms with van der Waals surface area (Å²) in [5, 5.41) is 0.899. The second-order valence-electron chi connectivity index (χ2n) is 6.68. The third-order valence-corrected chi connectivity index (χ3v) is 6.71. The SMILES string of the molecule is CC[C@H]1CCc2c(sc3c2c(=O)nc2n3Cc3ccccc3-2)C1. The van der Waals surface area contributed by atoms with Crippen LogP contribution in [-0.4, -0.2) is 9.55 Å². The van der Waals surface area contributed by atoms with Gasteiger partial charge >= 0.3 is 0 Å². The number of aryl methyl sites for hydroxylation is 1. The molecule has 3 aromatic rings. The van der Waals surface area contributed by atoms with Crippen LogP contribution < -0.4 is 5.56 Å². The van der Waals surface area contributed by atoms with Crippen LogP contribution in [0, 0.1) is 5.92 Å². The van der Waals surface area contributed by atoms with E-state index in [1.54, 1.807) is 0 Å². The highest BCUT2D eigenvalue weighted by molar-refractivity contribution is 7.18. The Bertz CT molecular complexity index is 999. The van der Waals surface area contributed by atoms with E-state index < -0.39 is 0 Å². The molecule has 116 valence electrons. The molecule has 1 aliphatic carbocycles. The van der Waals surface area contributed by atoms with E-state index >= 15 is 0 Å². The predicted molar refractivity (Wildman–Crippen MR) is 94.2 cm³/mol. The number of fused-ring (bicyclic) bond motifs is 7. The quantitative estimate of drug-likeness (QED) is 0.531. The molecule has 1 aromatic carbocycles. The normalized spacial score (nSPS) is 18.7. The van der Waals surface area contributed by atoms with Crippen LogP contribution in [0.25, 0.3) is 21.6 Å². The van der Waals surface area contributed by atoms with Gasteiger partial charge in [-0.05, 0) is 36.3 Å².